The van der Waals surface area contributed by atoms with Gasteiger partial charge in [0, 0.05) is 12.1 Å². The van der Waals surface area contributed by atoms with Crippen LogP contribution < -0.4 is 14.8 Å². The molecular weight excluding hydrogens is 381 g/mol. The van der Waals surface area contributed by atoms with Crippen molar-refractivity contribution in [2.24, 2.45) is 0 Å². The number of rotatable bonds is 5. The molecular formula is C16H16INO3. The Morgan fingerprint density at radius 2 is 1.81 bits per heavy atom. The van der Waals surface area contributed by atoms with Gasteiger partial charge >= 0.3 is 0 Å². The largest absolute Gasteiger partial charge is 0.497 e. The molecule has 2 rings (SSSR count). The van der Waals surface area contributed by atoms with Gasteiger partial charge in [0.25, 0.3) is 5.91 Å². The summed E-state index contributed by atoms with van der Waals surface area (Å²) in [7, 11) is 3.24. The van der Waals surface area contributed by atoms with E-state index in [4.69, 9.17) is 9.47 Å². The first-order chi connectivity index (χ1) is 10.1. The fraction of sp³-hybridized carbons (Fsp3) is 0.188. The summed E-state index contributed by atoms with van der Waals surface area (Å²) < 4.78 is 11.2. The van der Waals surface area contributed by atoms with Crippen molar-refractivity contribution in [3.8, 4) is 11.5 Å². The van der Waals surface area contributed by atoms with E-state index in [1.54, 1.807) is 26.4 Å². The molecule has 0 heterocycles. The van der Waals surface area contributed by atoms with E-state index in [-0.39, 0.29) is 5.91 Å². The Kier molecular flexibility index (Phi) is 5.44. The molecule has 0 radical (unpaired) electrons. The zero-order chi connectivity index (χ0) is 15.2. The quantitative estimate of drug-likeness (QED) is 0.789. The van der Waals surface area contributed by atoms with E-state index in [9.17, 15) is 4.79 Å². The highest BCUT2D eigenvalue weighted by Crippen LogP contribution is 2.21. The average molecular weight is 397 g/mol. The van der Waals surface area contributed by atoms with Crippen molar-refractivity contribution < 1.29 is 14.3 Å². The van der Waals surface area contributed by atoms with Crippen molar-refractivity contribution in [2.75, 3.05) is 14.2 Å². The smallest absolute Gasteiger partial charge is 0.251 e. The molecule has 0 aliphatic heterocycles. The van der Waals surface area contributed by atoms with Gasteiger partial charge in [-0.05, 0) is 58.5 Å². The Morgan fingerprint density at radius 3 is 2.38 bits per heavy atom. The van der Waals surface area contributed by atoms with Gasteiger partial charge in [0.15, 0.2) is 0 Å². The fourth-order valence-corrected chi connectivity index (χ4v) is 2.57. The summed E-state index contributed by atoms with van der Waals surface area (Å²) in [5, 5.41) is 2.89. The molecule has 0 spiro atoms. The molecule has 0 aromatic heterocycles. The first-order valence-corrected chi connectivity index (χ1v) is 7.46. The molecule has 0 atom stereocenters. The van der Waals surface area contributed by atoms with Crippen LogP contribution in [0.3, 0.4) is 0 Å². The molecule has 21 heavy (non-hydrogen) atoms. The second-order valence-electron chi connectivity index (χ2n) is 4.38. The van der Waals surface area contributed by atoms with Crippen molar-refractivity contribution in [1.29, 1.82) is 0 Å². The van der Waals surface area contributed by atoms with Gasteiger partial charge in [0.2, 0.25) is 0 Å². The summed E-state index contributed by atoms with van der Waals surface area (Å²) in [5.41, 5.74) is 1.64. The number of carbonyl (C=O) groups is 1. The second-order valence-corrected chi connectivity index (χ2v) is 5.54. The third-order valence-electron chi connectivity index (χ3n) is 3.03. The Bertz CT molecular complexity index is 626. The summed E-state index contributed by atoms with van der Waals surface area (Å²) >= 11 is 2.15. The third kappa shape index (κ3) is 4.10. The third-order valence-corrected chi connectivity index (χ3v) is 3.87. The van der Waals surface area contributed by atoms with Crippen LogP contribution in [-0.2, 0) is 6.54 Å². The van der Waals surface area contributed by atoms with Gasteiger partial charge in [0.1, 0.15) is 11.5 Å². The number of nitrogens with one attached hydrogen (secondary N) is 1. The van der Waals surface area contributed by atoms with Crippen LogP contribution in [0.15, 0.2) is 42.5 Å². The molecule has 4 nitrogen and oxygen atoms in total. The van der Waals surface area contributed by atoms with E-state index in [0.717, 1.165) is 20.6 Å². The van der Waals surface area contributed by atoms with Gasteiger partial charge in [-0.1, -0.05) is 12.1 Å². The summed E-state index contributed by atoms with van der Waals surface area (Å²) in [6, 6.07) is 13.0. The van der Waals surface area contributed by atoms with E-state index in [1.807, 2.05) is 30.3 Å². The Balaban J connectivity index is 1.99. The van der Waals surface area contributed by atoms with E-state index < -0.39 is 0 Å². The Labute approximate surface area is 137 Å². The zero-order valence-electron chi connectivity index (χ0n) is 11.9. The lowest BCUT2D eigenvalue weighted by atomic mass is 10.2. The lowest BCUT2D eigenvalue weighted by Gasteiger charge is -2.08. The van der Waals surface area contributed by atoms with Crippen LogP contribution in [0, 0.1) is 3.57 Å². The molecule has 0 fully saturated rings. The van der Waals surface area contributed by atoms with Gasteiger partial charge in [0.05, 0.1) is 17.8 Å². The molecule has 0 aliphatic carbocycles. The summed E-state index contributed by atoms with van der Waals surface area (Å²) in [4.78, 5) is 12.1. The molecule has 2 aromatic carbocycles. The van der Waals surface area contributed by atoms with E-state index >= 15 is 0 Å². The molecule has 5 heteroatoms. The summed E-state index contributed by atoms with van der Waals surface area (Å²) in [6.07, 6.45) is 0. The highest BCUT2D eigenvalue weighted by molar-refractivity contribution is 14.1. The molecule has 1 N–H and O–H groups in total. The van der Waals surface area contributed by atoms with E-state index in [2.05, 4.69) is 27.9 Å². The van der Waals surface area contributed by atoms with Gasteiger partial charge in [-0.3, -0.25) is 4.79 Å². The molecule has 0 saturated carbocycles. The molecule has 2 aromatic rings. The van der Waals surface area contributed by atoms with Crippen LogP contribution >= 0.6 is 22.6 Å². The summed E-state index contributed by atoms with van der Waals surface area (Å²) in [5.74, 6) is 1.46. The molecule has 0 unspecified atom stereocenters. The highest BCUT2D eigenvalue weighted by Gasteiger charge is 2.08. The maximum absolute atomic E-state index is 12.1. The van der Waals surface area contributed by atoms with Gasteiger partial charge in [-0.2, -0.15) is 0 Å². The Hall–Kier alpha value is -1.76. The maximum Gasteiger partial charge on any atom is 0.251 e. The molecule has 0 bridgehead atoms. The van der Waals surface area contributed by atoms with Crippen molar-refractivity contribution in [3.05, 3.63) is 57.2 Å². The standard InChI is InChI=1S/C16H16INO3/c1-20-13-6-3-11(4-7-13)10-18-16(19)12-5-8-15(21-2)14(17)9-12/h3-9H,10H2,1-2H3,(H,18,19). The first kappa shape index (κ1) is 15.6. The predicted molar refractivity (Wildman–Crippen MR) is 89.9 cm³/mol. The zero-order valence-corrected chi connectivity index (χ0v) is 14.0. The number of halogens is 1. The second kappa shape index (κ2) is 7.31. The number of methoxy groups -OCH3 is 2. The number of amides is 1. The lowest BCUT2D eigenvalue weighted by molar-refractivity contribution is 0.0951. The highest BCUT2D eigenvalue weighted by atomic mass is 127. The number of hydrogen-bond donors (Lipinski definition) is 1. The van der Waals surface area contributed by atoms with Crippen LogP contribution in [0.5, 0.6) is 11.5 Å². The number of ether oxygens (including phenoxy) is 2. The lowest BCUT2D eigenvalue weighted by Crippen LogP contribution is -2.22. The van der Waals surface area contributed by atoms with Crippen molar-refractivity contribution in [3.63, 3.8) is 0 Å². The van der Waals surface area contributed by atoms with Gasteiger partial charge < -0.3 is 14.8 Å². The maximum atomic E-state index is 12.1. The number of carbonyl (C=O) groups excluding carboxylic acids is 1. The van der Waals surface area contributed by atoms with Gasteiger partial charge in [-0.15, -0.1) is 0 Å². The van der Waals surface area contributed by atoms with E-state index in [1.165, 1.54) is 0 Å². The molecule has 110 valence electrons. The van der Waals surface area contributed by atoms with Crippen molar-refractivity contribution >= 4 is 28.5 Å². The fourth-order valence-electron chi connectivity index (χ4n) is 1.84. The summed E-state index contributed by atoms with van der Waals surface area (Å²) in [6.45, 7) is 0.478. The van der Waals surface area contributed by atoms with Crippen LogP contribution in [0.4, 0.5) is 0 Å². The topological polar surface area (TPSA) is 47.6 Å². The predicted octanol–water partition coefficient (Wildman–Crippen LogP) is 3.24. The number of hydrogen-bond acceptors (Lipinski definition) is 3. The minimum atomic E-state index is -0.105. The van der Waals surface area contributed by atoms with Crippen LogP contribution in [0.2, 0.25) is 0 Å². The number of benzene rings is 2. The molecule has 1 amide bonds. The van der Waals surface area contributed by atoms with Crippen molar-refractivity contribution in [1.82, 2.24) is 5.32 Å². The minimum Gasteiger partial charge on any atom is -0.497 e. The van der Waals surface area contributed by atoms with Gasteiger partial charge in [-0.25, -0.2) is 0 Å². The van der Waals surface area contributed by atoms with Crippen LogP contribution in [-0.4, -0.2) is 20.1 Å². The Morgan fingerprint density at radius 1 is 1.10 bits per heavy atom. The SMILES string of the molecule is COc1ccc(CNC(=O)c2ccc(OC)c(I)c2)cc1. The molecule has 0 saturated heterocycles. The van der Waals surface area contributed by atoms with Crippen molar-refractivity contribution in [2.45, 2.75) is 6.54 Å². The first-order valence-electron chi connectivity index (χ1n) is 6.38. The average Bonchev–Trinajstić information content (AvgIpc) is 2.53. The van der Waals surface area contributed by atoms with E-state index in [0.29, 0.717) is 12.1 Å². The normalized spacial score (nSPS) is 10.0. The van der Waals surface area contributed by atoms with Crippen LogP contribution in [0.25, 0.3) is 0 Å². The molecule has 0 aliphatic rings. The van der Waals surface area contributed by atoms with Crippen LogP contribution in [0.1, 0.15) is 15.9 Å². The minimum absolute atomic E-state index is 0.105. The monoisotopic (exact) mass is 397 g/mol.